The van der Waals surface area contributed by atoms with E-state index in [9.17, 15) is 4.79 Å². The van der Waals surface area contributed by atoms with Crippen LogP contribution in [-0.2, 0) is 17.8 Å². The Kier molecular flexibility index (Phi) is 4.46. The van der Waals surface area contributed by atoms with Crippen molar-refractivity contribution in [2.45, 2.75) is 45.2 Å². The van der Waals surface area contributed by atoms with Gasteiger partial charge in [0.25, 0.3) is 6.01 Å². The Hall–Kier alpha value is -3.75. The summed E-state index contributed by atoms with van der Waals surface area (Å²) in [6.07, 6.45) is 3.68. The largest absolute Gasteiger partial charge is 0.491 e. The molecule has 5 N–H and O–H groups in total. The van der Waals surface area contributed by atoms with Crippen LogP contribution in [0.15, 0.2) is 28.7 Å². The average molecular weight is 447 g/mol. The molecule has 1 aliphatic heterocycles. The van der Waals surface area contributed by atoms with Gasteiger partial charge in [-0.05, 0) is 55.4 Å². The molecule has 2 aromatic heterocycles. The van der Waals surface area contributed by atoms with Crippen LogP contribution in [0.3, 0.4) is 0 Å². The first-order chi connectivity index (χ1) is 16.0. The Morgan fingerprint density at radius 3 is 2.85 bits per heavy atom. The van der Waals surface area contributed by atoms with Gasteiger partial charge in [0, 0.05) is 23.9 Å². The number of aryl methyl sites for hydroxylation is 2. The van der Waals surface area contributed by atoms with Crippen molar-refractivity contribution < 1.29 is 13.9 Å². The fourth-order valence-electron chi connectivity index (χ4n) is 4.81. The number of hydrogen-bond donors (Lipinski definition) is 3. The molecule has 0 unspecified atom stereocenters. The second-order valence-corrected chi connectivity index (χ2v) is 8.88. The van der Waals surface area contributed by atoms with Crippen LogP contribution in [0.4, 0.5) is 11.7 Å². The standard InChI is InChI=1S/C24H26N6O3/c1-2-12-8-14(9-17-21(12)33-24(26)29-17)23-28-16-10-15(27-19(22(25)31)13-4-5-13)11-18-20(16)30(23)6-3-7-32-18/h8-11,13,19,27H,2-7H2,1H3,(H2,25,31)(H2,26,29)/t19-/m0/s1. The summed E-state index contributed by atoms with van der Waals surface area (Å²) in [5, 5.41) is 3.33. The lowest BCUT2D eigenvalue weighted by Crippen LogP contribution is -2.37. The minimum atomic E-state index is -0.380. The van der Waals surface area contributed by atoms with Crippen LogP contribution < -0.4 is 21.5 Å². The van der Waals surface area contributed by atoms with Crippen LogP contribution in [0.5, 0.6) is 5.75 Å². The molecule has 0 bridgehead atoms. The number of imidazole rings is 1. The van der Waals surface area contributed by atoms with Gasteiger partial charge in [-0.25, -0.2) is 4.98 Å². The molecule has 1 aliphatic carbocycles. The van der Waals surface area contributed by atoms with Crippen molar-refractivity contribution in [3.63, 3.8) is 0 Å². The fourth-order valence-corrected chi connectivity index (χ4v) is 4.81. The molecule has 0 saturated heterocycles. The minimum absolute atomic E-state index is 0.161. The molecule has 1 amide bonds. The molecular weight excluding hydrogens is 420 g/mol. The number of nitrogens with two attached hydrogens (primary N) is 2. The summed E-state index contributed by atoms with van der Waals surface area (Å²) < 4.78 is 13.9. The van der Waals surface area contributed by atoms with E-state index in [1.165, 1.54) is 0 Å². The predicted octanol–water partition coefficient (Wildman–Crippen LogP) is 3.45. The minimum Gasteiger partial charge on any atom is -0.491 e. The van der Waals surface area contributed by atoms with Crippen LogP contribution in [0, 0.1) is 5.92 Å². The second-order valence-electron chi connectivity index (χ2n) is 8.88. The van der Waals surface area contributed by atoms with Crippen LogP contribution in [0.2, 0.25) is 0 Å². The maximum Gasteiger partial charge on any atom is 0.292 e. The van der Waals surface area contributed by atoms with Gasteiger partial charge in [0.1, 0.15) is 28.6 Å². The molecule has 0 spiro atoms. The molecule has 0 radical (unpaired) electrons. The number of primary amides is 1. The van der Waals surface area contributed by atoms with E-state index in [4.69, 9.17) is 25.6 Å². The summed E-state index contributed by atoms with van der Waals surface area (Å²) in [4.78, 5) is 21.3. The lowest BCUT2D eigenvalue weighted by Gasteiger charge is -2.17. The number of benzene rings is 2. The number of aromatic nitrogens is 3. The first-order valence-electron chi connectivity index (χ1n) is 11.4. The van der Waals surface area contributed by atoms with Gasteiger partial charge in [0.2, 0.25) is 5.91 Å². The highest BCUT2D eigenvalue weighted by molar-refractivity contribution is 5.92. The topological polar surface area (TPSA) is 134 Å². The third-order valence-corrected chi connectivity index (χ3v) is 6.54. The highest BCUT2D eigenvalue weighted by atomic mass is 16.5. The molecule has 2 aromatic carbocycles. The Bertz CT molecular complexity index is 1400. The molecule has 33 heavy (non-hydrogen) atoms. The van der Waals surface area contributed by atoms with Crippen molar-refractivity contribution in [1.82, 2.24) is 14.5 Å². The van der Waals surface area contributed by atoms with Crippen LogP contribution in [0.25, 0.3) is 33.5 Å². The summed E-state index contributed by atoms with van der Waals surface area (Å²) in [7, 11) is 0. The lowest BCUT2D eigenvalue weighted by molar-refractivity contribution is -0.119. The molecule has 3 heterocycles. The predicted molar refractivity (Wildman–Crippen MR) is 126 cm³/mol. The van der Waals surface area contributed by atoms with Gasteiger partial charge in [-0.2, -0.15) is 4.98 Å². The van der Waals surface area contributed by atoms with E-state index in [1.54, 1.807) is 0 Å². The molecule has 6 rings (SSSR count). The first-order valence-corrected chi connectivity index (χ1v) is 11.4. The molecule has 4 aromatic rings. The average Bonchev–Trinajstić information content (AvgIpc) is 3.50. The number of nitrogen functional groups attached to an aromatic ring is 1. The molecule has 1 fully saturated rings. The maximum absolute atomic E-state index is 12.0. The molecule has 9 nitrogen and oxygen atoms in total. The number of oxazole rings is 1. The van der Waals surface area contributed by atoms with E-state index >= 15 is 0 Å². The Morgan fingerprint density at radius 2 is 2.09 bits per heavy atom. The highest BCUT2D eigenvalue weighted by Crippen LogP contribution is 2.39. The zero-order valence-corrected chi connectivity index (χ0v) is 18.4. The quantitative estimate of drug-likeness (QED) is 0.413. The second kappa shape index (κ2) is 7.40. The highest BCUT2D eigenvalue weighted by Gasteiger charge is 2.35. The van der Waals surface area contributed by atoms with Gasteiger partial charge >= 0.3 is 0 Å². The summed E-state index contributed by atoms with van der Waals surface area (Å²) in [6, 6.07) is 7.77. The monoisotopic (exact) mass is 446 g/mol. The number of nitrogens with zero attached hydrogens (tertiary/aromatic N) is 3. The third-order valence-electron chi connectivity index (χ3n) is 6.54. The zero-order valence-electron chi connectivity index (χ0n) is 18.4. The van der Waals surface area contributed by atoms with Crippen molar-refractivity contribution in [2.24, 2.45) is 11.7 Å². The Labute approximate surface area is 190 Å². The van der Waals surface area contributed by atoms with Gasteiger partial charge < -0.3 is 30.5 Å². The molecular formula is C24H26N6O3. The van der Waals surface area contributed by atoms with Crippen molar-refractivity contribution in [1.29, 1.82) is 0 Å². The summed E-state index contributed by atoms with van der Waals surface area (Å²) in [5.74, 6) is 1.57. The molecule has 9 heteroatoms. The van der Waals surface area contributed by atoms with Crippen LogP contribution >= 0.6 is 0 Å². The number of amides is 1. The zero-order chi connectivity index (χ0) is 22.7. The molecule has 1 saturated carbocycles. The number of rotatable bonds is 6. The number of carbonyl (C=O) groups is 1. The van der Waals surface area contributed by atoms with E-state index in [0.717, 1.165) is 82.7 Å². The van der Waals surface area contributed by atoms with E-state index in [0.29, 0.717) is 12.5 Å². The molecule has 170 valence electrons. The summed E-state index contributed by atoms with van der Waals surface area (Å²) >= 11 is 0. The van der Waals surface area contributed by atoms with Crippen molar-refractivity contribution >= 4 is 39.7 Å². The smallest absolute Gasteiger partial charge is 0.292 e. The van der Waals surface area contributed by atoms with Gasteiger partial charge in [0.15, 0.2) is 5.58 Å². The van der Waals surface area contributed by atoms with Crippen LogP contribution in [-0.4, -0.2) is 33.1 Å². The van der Waals surface area contributed by atoms with Gasteiger partial charge in [-0.3, -0.25) is 4.79 Å². The molecule has 1 atom stereocenters. The van der Waals surface area contributed by atoms with Crippen molar-refractivity contribution in [3.05, 3.63) is 29.8 Å². The first kappa shape index (κ1) is 19.9. The number of nitrogens with one attached hydrogen (secondary N) is 1. The van der Waals surface area contributed by atoms with Crippen molar-refractivity contribution in [3.8, 4) is 17.1 Å². The maximum atomic E-state index is 12.0. The summed E-state index contributed by atoms with van der Waals surface area (Å²) in [6.45, 7) is 3.48. The Morgan fingerprint density at radius 1 is 1.24 bits per heavy atom. The lowest BCUT2D eigenvalue weighted by atomic mass is 10.1. The SMILES string of the molecule is CCc1cc(-c2nc3cc(N[C@H](C(N)=O)C4CC4)cc4c3n2CCCO4)cc2nc(N)oc12. The third kappa shape index (κ3) is 3.35. The van der Waals surface area contributed by atoms with Gasteiger partial charge in [-0.1, -0.05) is 6.92 Å². The van der Waals surface area contributed by atoms with Crippen LogP contribution in [0.1, 0.15) is 31.7 Å². The number of ether oxygens (including phenoxy) is 1. The van der Waals surface area contributed by atoms with E-state index < -0.39 is 0 Å². The summed E-state index contributed by atoms with van der Waals surface area (Å²) in [5.41, 5.74) is 17.5. The van der Waals surface area contributed by atoms with Crippen molar-refractivity contribution in [2.75, 3.05) is 17.7 Å². The van der Waals surface area contributed by atoms with Gasteiger partial charge in [0.05, 0.1) is 12.1 Å². The Balaban J connectivity index is 1.50. The number of fused-ring (bicyclic) bond motifs is 1. The number of anilines is 2. The van der Waals surface area contributed by atoms with E-state index in [-0.39, 0.29) is 18.0 Å². The fraction of sp³-hybridized carbons (Fsp3) is 0.375. The number of hydrogen-bond acceptors (Lipinski definition) is 7. The van der Waals surface area contributed by atoms with E-state index in [2.05, 4.69) is 27.9 Å². The number of carbonyl (C=O) groups excluding carboxylic acids is 1. The van der Waals surface area contributed by atoms with E-state index in [1.807, 2.05) is 18.2 Å². The normalized spacial score (nSPS) is 16.5. The van der Waals surface area contributed by atoms with Gasteiger partial charge in [-0.15, -0.1) is 0 Å². The molecule has 2 aliphatic rings.